The molecular formula is C18H17F3N6. The van der Waals surface area contributed by atoms with Crippen molar-refractivity contribution in [3.05, 3.63) is 54.1 Å². The second-order valence-electron chi connectivity index (χ2n) is 6.44. The fraction of sp³-hybridized carbons (Fsp3) is 0.333. The Bertz CT molecular complexity index is 895. The summed E-state index contributed by atoms with van der Waals surface area (Å²) in [4.78, 5) is 14.0. The Morgan fingerprint density at radius 1 is 1.11 bits per heavy atom. The number of aromatic nitrogens is 5. The minimum absolute atomic E-state index is 0.0240. The molecule has 9 heteroatoms. The van der Waals surface area contributed by atoms with Gasteiger partial charge in [-0.3, -0.25) is 10.1 Å². The molecule has 6 nitrogen and oxygen atoms in total. The lowest BCUT2D eigenvalue weighted by Crippen LogP contribution is -2.35. The summed E-state index contributed by atoms with van der Waals surface area (Å²) in [5, 5.41) is 6.92. The summed E-state index contributed by atoms with van der Waals surface area (Å²) in [6.07, 6.45) is 0.435. The molecule has 140 valence electrons. The first-order chi connectivity index (χ1) is 13.0. The molecule has 0 bridgehead atoms. The first-order valence-corrected chi connectivity index (χ1v) is 8.62. The van der Waals surface area contributed by atoms with Gasteiger partial charge in [-0.15, -0.1) is 0 Å². The zero-order valence-electron chi connectivity index (χ0n) is 14.3. The Balaban J connectivity index is 1.71. The minimum atomic E-state index is -4.56. The normalized spacial score (nSPS) is 17.9. The van der Waals surface area contributed by atoms with Crippen molar-refractivity contribution in [1.29, 1.82) is 0 Å². The van der Waals surface area contributed by atoms with E-state index in [0.29, 0.717) is 18.8 Å². The van der Waals surface area contributed by atoms with E-state index in [1.165, 1.54) is 6.20 Å². The number of halogens is 3. The fourth-order valence-electron chi connectivity index (χ4n) is 3.28. The molecule has 1 atom stereocenters. The molecule has 3 aromatic heterocycles. The van der Waals surface area contributed by atoms with Gasteiger partial charge in [0.15, 0.2) is 11.5 Å². The molecule has 1 aliphatic heterocycles. The van der Waals surface area contributed by atoms with E-state index >= 15 is 0 Å². The number of nitrogens with zero attached hydrogens (tertiary/aromatic N) is 5. The van der Waals surface area contributed by atoms with Gasteiger partial charge in [-0.25, -0.2) is 9.97 Å². The zero-order valence-corrected chi connectivity index (χ0v) is 14.3. The maximum absolute atomic E-state index is 13.4. The third-order valence-corrected chi connectivity index (χ3v) is 4.60. The molecule has 0 amide bonds. The van der Waals surface area contributed by atoms with Crippen LogP contribution in [0.5, 0.6) is 0 Å². The van der Waals surface area contributed by atoms with Crippen LogP contribution in [0.1, 0.15) is 30.1 Å². The highest BCUT2D eigenvalue weighted by Crippen LogP contribution is 2.33. The van der Waals surface area contributed by atoms with Gasteiger partial charge in [-0.1, -0.05) is 6.07 Å². The number of H-pyrrole nitrogens is 1. The van der Waals surface area contributed by atoms with E-state index in [9.17, 15) is 13.2 Å². The molecule has 1 saturated heterocycles. The van der Waals surface area contributed by atoms with Gasteiger partial charge < -0.3 is 4.90 Å². The van der Waals surface area contributed by atoms with Crippen LogP contribution in [0.25, 0.3) is 11.5 Å². The SMILES string of the molecule is FC(F)(F)c1cc(N2CCCC(c3ccn[nH]3)C2)nc(-c2ccccn2)n1. The third kappa shape index (κ3) is 3.76. The van der Waals surface area contributed by atoms with Gasteiger partial charge >= 0.3 is 6.18 Å². The van der Waals surface area contributed by atoms with E-state index in [2.05, 4.69) is 25.1 Å². The van der Waals surface area contributed by atoms with Crippen LogP contribution in [0, 0.1) is 0 Å². The van der Waals surface area contributed by atoms with E-state index in [1.807, 2.05) is 11.0 Å². The van der Waals surface area contributed by atoms with Crippen LogP contribution in [0.3, 0.4) is 0 Å². The Hall–Kier alpha value is -2.97. The lowest BCUT2D eigenvalue weighted by Gasteiger charge is -2.33. The van der Waals surface area contributed by atoms with Crippen molar-refractivity contribution in [3.63, 3.8) is 0 Å². The summed E-state index contributed by atoms with van der Waals surface area (Å²) < 4.78 is 40.2. The maximum Gasteiger partial charge on any atom is 0.433 e. The molecule has 4 heterocycles. The van der Waals surface area contributed by atoms with Crippen LogP contribution >= 0.6 is 0 Å². The summed E-state index contributed by atoms with van der Waals surface area (Å²) in [7, 11) is 0. The molecule has 0 aliphatic carbocycles. The molecule has 1 fully saturated rings. The van der Waals surface area contributed by atoms with Crippen LogP contribution in [0.4, 0.5) is 19.0 Å². The number of rotatable bonds is 3. The van der Waals surface area contributed by atoms with Crippen molar-refractivity contribution in [2.75, 3.05) is 18.0 Å². The van der Waals surface area contributed by atoms with Gasteiger partial charge in [0.2, 0.25) is 0 Å². The molecule has 1 unspecified atom stereocenters. The second-order valence-corrected chi connectivity index (χ2v) is 6.44. The first kappa shape index (κ1) is 17.4. The summed E-state index contributed by atoms with van der Waals surface area (Å²) in [5.74, 6) is 0.412. The van der Waals surface area contributed by atoms with E-state index < -0.39 is 11.9 Å². The largest absolute Gasteiger partial charge is 0.433 e. The van der Waals surface area contributed by atoms with Gasteiger partial charge in [0.25, 0.3) is 0 Å². The van der Waals surface area contributed by atoms with Crippen molar-refractivity contribution in [1.82, 2.24) is 25.1 Å². The quantitative estimate of drug-likeness (QED) is 0.758. The van der Waals surface area contributed by atoms with Crippen molar-refractivity contribution >= 4 is 5.82 Å². The van der Waals surface area contributed by atoms with Crippen LogP contribution in [0.15, 0.2) is 42.7 Å². The summed E-state index contributed by atoms with van der Waals surface area (Å²) in [5.41, 5.74) is 0.332. The monoisotopic (exact) mass is 374 g/mol. The highest BCUT2D eigenvalue weighted by molar-refractivity contribution is 5.54. The van der Waals surface area contributed by atoms with Crippen LogP contribution in [-0.4, -0.2) is 38.2 Å². The number of nitrogens with one attached hydrogen (secondary N) is 1. The van der Waals surface area contributed by atoms with Crippen molar-refractivity contribution in [3.8, 4) is 11.5 Å². The van der Waals surface area contributed by atoms with Crippen molar-refractivity contribution < 1.29 is 13.2 Å². The fourth-order valence-corrected chi connectivity index (χ4v) is 3.28. The molecule has 1 aliphatic rings. The topological polar surface area (TPSA) is 70.6 Å². The zero-order chi connectivity index (χ0) is 18.9. The molecule has 0 aromatic carbocycles. The number of anilines is 1. The maximum atomic E-state index is 13.4. The van der Waals surface area contributed by atoms with Crippen molar-refractivity contribution in [2.45, 2.75) is 24.9 Å². The Morgan fingerprint density at radius 2 is 2.00 bits per heavy atom. The first-order valence-electron chi connectivity index (χ1n) is 8.62. The standard InChI is InChI=1S/C18H17F3N6/c19-18(20,21)15-10-16(25-17(24-15)14-5-1-2-7-22-14)27-9-3-4-12(11-27)13-6-8-23-26-13/h1-2,5-8,10,12H,3-4,9,11H2,(H,23,26). The molecule has 3 aromatic rings. The molecule has 0 spiro atoms. The Labute approximate surface area is 153 Å². The number of hydrogen-bond donors (Lipinski definition) is 1. The smallest absolute Gasteiger partial charge is 0.356 e. The average Bonchev–Trinajstić information content (AvgIpc) is 3.23. The van der Waals surface area contributed by atoms with Gasteiger partial charge in [-0.05, 0) is 31.0 Å². The molecule has 27 heavy (non-hydrogen) atoms. The van der Waals surface area contributed by atoms with E-state index in [1.54, 1.807) is 24.4 Å². The Morgan fingerprint density at radius 3 is 2.70 bits per heavy atom. The molecular weight excluding hydrogens is 357 g/mol. The lowest BCUT2D eigenvalue weighted by molar-refractivity contribution is -0.141. The van der Waals surface area contributed by atoms with Gasteiger partial charge in [0.1, 0.15) is 11.5 Å². The van der Waals surface area contributed by atoms with Crippen molar-refractivity contribution in [2.24, 2.45) is 0 Å². The van der Waals surface area contributed by atoms with Crippen LogP contribution in [-0.2, 0) is 6.18 Å². The van der Waals surface area contributed by atoms with E-state index in [4.69, 9.17) is 0 Å². The summed E-state index contributed by atoms with van der Waals surface area (Å²) in [6.45, 7) is 1.21. The molecule has 1 N–H and O–H groups in total. The number of alkyl halides is 3. The van der Waals surface area contributed by atoms with Gasteiger partial charge in [0.05, 0.1) is 0 Å². The second kappa shape index (κ2) is 6.98. The van der Waals surface area contributed by atoms with Crippen LogP contribution < -0.4 is 4.90 Å². The van der Waals surface area contributed by atoms with E-state index in [-0.39, 0.29) is 17.6 Å². The van der Waals surface area contributed by atoms with Crippen LogP contribution in [0.2, 0.25) is 0 Å². The lowest BCUT2D eigenvalue weighted by atomic mass is 9.95. The van der Waals surface area contributed by atoms with Gasteiger partial charge in [-0.2, -0.15) is 18.3 Å². The van der Waals surface area contributed by atoms with E-state index in [0.717, 1.165) is 24.6 Å². The third-order valence-electron chi connectivity index (χ3n) is 4.60. The minimum Gasteiger partial charge on any atom is -0.356 e. The average molecular weight is 374 g/mol. The highest BCUT2D eigenvalue weighted by Gasteiger charge is 2.35. The summed E-state index contributed by atoms with van der Waals surface area (Å²) in [6, 6.07) is 7.90. The number of piperidine rings is 1. The number of hydrogen-bond acceptors (Lipinski definition) is 5. The summed E-state index contributed by atoms with van der Waals surface area (Å²) >= 11 is 0. The molecule has 0 radical (unpaired) electrons. The molecule has 0 saturated carbocycles. The predicted octanol–water partition coefficient (Wildman–Crippen LogP) is 3.66. The number of pyridine rings is 1. The highest BCUT2D eigenvalue weighted by atomic mass is 19.4. The number of aromatic amines is 1. The molecule has 4 rings (SSSR count). The van der Waals surface area contributed by atoms with Gasteiger partial charge in [0, 0.05) is 43.2 Å². The predicted molar refractivity (Wildman–Crippen MR) is 93.0 cm³/mol. The Kier molecular flexibility index (Phi) is 4.51.